The van der Waals surface area contributed by atoms with Crippen LogP contribution in [-0.2, 0) is 30.8 Å². The average molecular weight is 306 g/mol. The van der Waals surface area contributed by atoms with Gasteiger partial charge in [-0.25, -0.2) is 0 Å². The van der Waals surface area contributed by atoms with Gasteiger partial charge >= 0.3 is 20.4 Å². The molecule has 0 radical (unpaired) electrons. The zero-order valence-electron chi connectivity index (χ0n) is 6.84. The number of rotatable bonds is 4. The molecular weight excluding hydrogens is 293 g/mol. The molecule has 0 aromatic heterocycles. The SMILES string of the molecule is NCCNCCN.O=S(=O)([O-])[O-].[Pd+2]. The van der Waals surface area contributed by atoms with Gasteiger partial charge < -0.3 is 25.9 Å². The predicted molar refractivity (Wildman–Crippen MR) is 41.5 cm³/mol. The van der Waals surface area contributed by atoms with E-state index in [1.807, 2.05) is 0 Å². The normalized spacial score (nSPS) is 9.54. The first-order valence-electron chi connectivity index (χ1n) is 3.19. The molecule has 84 valence electrons. The first-order chi connectivity index (χ1) is 5.41. The van der Waals surface area contributed by atoms with Crippen molar-refractivity contribution in [2.75, 3.05) is 26.2 Å². The second-order valence-corrected chi connectivity index (χ2v) is 2.55. The number of hydrogen-bond acceptors (Lipinski definition) is 7. The molecule has 0 aliphatic carbocycles. The number of hydrogen-bond donors (Lipinski definition) is 3. The van der Waals surface area contributed by atoms with Gasteiger partial charge in [0.2, 0.25) is 0 Å². The van der Waals surface area contributed by atoms with Gasteiger partial charge in [0, 0.05) is 36.6 Å². The molecule has 9 heteroatoms. The molecule has 0 saturated carbocycles. The molecule has 0 amide bonds. The van der Waals surface area contributed by atoms with Crippen LogP contribution in [-0.4, -0.2) is 43.7 Å². The zero-order chi connectivity index (χ0) is 10.0. The monoisotopic (exact) mass is 305 g/mol. The largest absolute Gasteiger partial charge is 2.00 e. The van der Waals surface area contributed by atoms with Crippen molar-refractivity contribution >= 4 is 10.4 Å². The maximum Gasteiger partial charge on any atom is 2.00 e. The van der Waals surface area contributed by atoms with E-state index in [9.17, 15) is 0 Å². The second kappa shape index (κ2) is 12.4. The Morgan fingerprint density at radius 1 is 1.08 bits per heavy atom. The van der Waals surface area contributed by atoms with Crippen molar-refractivity contribution in [3.05, 3.63) is 0 Å². The van der Waals surface area contributed by atoms with Gasteiger partial charge in [-0.2, -0.15) is 0 Å². The van der Waals surface area contributed by atoms with E-state index in [0.29, 0.717) is 13.1 Å². The molecule has 0 atom stereocenters. The Bertz CT molecular complexity index is 162. The summed E-state index contributed by atoms with van der Waals surface area (Å²) in [6.45, 7) is 3.13. The van der Waals surface area contributed by atoms with E-state index >= 15 is 0 Å². The van der Waals surface area contributed by atoms with Crippen LogP contribution in [0.25, 0.3) is 0 Å². The van der Waals surface area contributed by atoms with Gasteiger partial charge in [0.05, 0.1) is 0 Å². The van der Waals surface area contributed by atoms with Crippen molar-refractivity contribution in [1.82, 2.24) is 5.32 Å². The van der Waals surface area contributed by atoms with Crippen LogP contribution in [0.4, 0.5) is 0 Å². The maximum absolute atomic E-state index is 8.52. The third-order valence-electron chi connectivity index (χ3n) is 0.642. The van der Waals surface area contributed by atoms with Crippen LogP contribution in [0.5, 0.6) is 0 Å². The standard InChI is InChI=1S/C4H13N3.H2O4S.Pd/c5-1-3-7-4-2-6;1-5(2,3)4;/h7H,1-6H2;(H2,1,2,3,4);/q;;+2/p-2. The molecule has 0 saturated heterocycles. The van der Waals surface area contributed by atoms with E-state index in [1.165, 1.54) is 0 Å². The molecular formula is C4H13N3O4PdS. The fourth-order valence-corrected chi connectivity index (χ4v) is 0.329. The van der Waals surface area contributed by atoms with Gasteiger partial charge in [-0.05, 0) is 0 Å². The molecule has 0 fully saturated rings. The summed E-state index contributed by atoms with van der Waals surface area (Å²) in [7, 11) is -5.17. The van der Waals surface area contributed by atoms with Crippen LogP contribution < -0.4 is 16.8 Å². The molecule has 5 N–H and O–H groups in total. The fraction of sp³-hybridized carbons (Fsp3) is 1.00. The summed E-state index contributed by atoms with van der Waals surface area (Å²) in [5.41, 5.74) is 10.3. The summed E-state index contributed by atoms with van der Waals surface area (Å²) in [6.07, 6.45) is 0. The van der Waals surface area contributed by atoms with Crippen molar-refractivity contribution in [3.63, 3.8) is 0 Å². The molecule has 0 unspecified atom stereocenters. The Morgan fingerprint density at radius 2 is 1.31 bits per heavy atom. The zero-order valence-corrected chi connectivity index (χ0v) is 9.21. The minimum atomic E-state index is -5.17. The first kappa shape index (κ1) is 19.1. The third-order valence-corrected chi connectivity index (χ3v) is 0.642. The summed E-state index contributed by atoms with van der Waals surface area (Å²) in [5, 5.41) is 3.03. The summed E-state index contributed by atoms with van der Waals surface area (Å²) in [6, 6.07) is 0. The van der Waals surface area contributed by atoms with Gasteiger partial charge in [-0.1, -0.05) is 0 Å². The maximum atomic E-state index is 8.52. The molecule has 13 heavy (non-hydrogen) atoms. The number of nitrogens with two attached hydrogens (primary N) is 2. The van der Waals surface area contributed by atoms with Gasteiger partial charge in [0.1, 0.15) is 0 Å². The van der Waals surface area contributed by atoms with Crippen LogP contribution in [0.2, 0.25) is 0 Å². The van der Waals surface area contributed by atoms with Gasteiger partial charge in [0.15, 0.2) is 0 Å². The van der Waals surface area contributed by atoms with Crippen LogP contribution >= 0.6 is 0 Å². The Hall–Kier alpha value is 0.412. The second-order valence-electron chi connectivity index (χ2n) is 1.74. The quantitative estimate of drug-likeness (QED) is 0.219. The molecule has 0 aliphatic rings. The van der Waals surface area contributed by atoms with Crippen molar-refractivity contribution in [1.29, 1.82) is 0 Å². The van der Waals surface area contributed by atoms with Gasteiger partial charge in [-0.15, -0.1) is 0 Å². The van der Waals surface area contributed by atoms with Crippen LogP contribution in [0.15, 0.2) is 0 Å². The predicted octanol–water partition coefficient (Wildman–Crippen LogP) is -2.85. The van der Waals surface area contributed by atoms with E-state index in [4.69, 9.17) is 29.0 Å². The van der Waals surface area contributed by atoms with E-state index in [-0.39, 0.29) is 20.4 Å². The van der Waals surface area contributed by atoms with Crippen LogP contribution in [0.3, 0.4) is 0 Å². The molecule has 0 rings (SSSR count). The average Bonchev–Trinajstić information content (AvgIpc) is 1.85. The summed E-state index contributed by atoms with van der Waals surface area (Å²) in [5.74, 6) is 0. The summed E-state index contributed by atoms with van der Waals surface area (Å²) in [4.78, 5) is 0. The number of nitrogens with one attached hydrogen (secondary N) is 1. The molecule has 0 bridgehead atoms. The molecule has 0 spiro atoms. The molecule has 0 aromatic carbocycles. The van der Waals surface area contributed by atoms with E-state index < -0.39 is 10.4 Å². The Kier molecular flexibility index (Phi) is 18.2. The van der Waals surface area contributed by atoms with Crippen LogP contribution in [0.1, 0.15) is 0 Å². The fourth-order valence-electron chi connectivity index (χ4n) is 0.329. The van der Waals surface area contributed by atoms with Crippen molar-refractivity contribution < 1.29 is 37.9 Å². The third kappa shape index (κ3) is 69.1. The summed E-state index contributed by atoms with van der Waals surface area (Å²) >= 11 is 0. The van der Waals surface area contributed by atoms with Crippen molar-refractivity contribution in [2.24, 2.45) is 11.5 Å². The van der Waals surface area contributed by atoms with E-state index in [0.717, 1.165) is 13.1 Å². The topological polar surface area (TPSA) is 144 Å². The first-order valence-corrected chi connectivity index (χ1v) is 4.52. The van der Waals surface area contributed by atoms with E-state index in [1.54, 1.807) is 0 Å². The minimum Gasteiger partial charge on any atom is -0.759 e. The molecule has 7 nitrogen and oxygen atoms in total. The Labute approximate surface area is 91.5 Å². The Balaban J connectivity index is -0.000000150. The Morgan fingerprint density at radius 3 is 1.46 bits per heavy atom. The van der Waals surface area contributed by atoms with E-state index in [2.05, 4.69) is 5.32 Å². The summed E-state index contributed by atoms with van der Waals surface area (Å²) < 4.78 is 34.1. The van der Waals surface area contributed by atoms with Crippen LogP contribution in [0, 0.1) is 0 Å². The van der Waals surface area contributed by atoms with Crippen molar-refractivity contribution in [3.8, 4) is 0 Å². The van der Waals surface area contributed by atoms with Gasteiger partial charge in [0.25, 0.3) is 0 Å². The molecule has 0 aliphatic heterocycles. The van der Waals surface area contributed by atoms with Gasteiger partial charge in [-0.3, -0.25) is 8.42 Å². The smallest absolute Gasteiger partial charge is 0.759 e. The molecule has 0 heterocycles. The van der Waals surface area contributed by atoms with Crippen molar-refractivity contribution in [2.45, 2.75) is 0 Å². The minimum absolute atomic E-state index is 0. The molecule has 0 aromatic rings.